The van der Waals surface area contributed by atoms with Gasteiger partial charge >= 0.3 is 0 Å². The molecule has 3 aromatic rings. The summed E-state index contributed by atoms with van der Waals surface area (Å²) in [6.45, 7) is 0.901. The van der Waals surface area contributed by atoms with E-state index in [1.165, 1.54) is 12.6 Å². The molecule has 0 radical (unpaired) electrons. The topological polar surface area (TPSA) is 117 Å². The molecule has 0 atom stereocenters. The smallest absolute Gasteiger partial charge is 0.256 e. The second-order valence-corrected chi connectivity index (χ2v) is 10.3. The number of carbonyl (C=O) groups is 1. The van der Waals surface area contributed by atoms with Gasteiger partial charge in [-0.15, -0.1) is 0 Å². The maximum Gasteiger partial charge on any atom is 0.256 e. The van der Waals surface area contributed by atoms with Crippen LogP contribution in [0.5, 0.6) is 0 Å². The third kappa shape index (κ3) is 4.91. The number of likely N-dealkylation sites (tertiary alicyclic amines) is 1. The van der Waals surface area contributed by atoms with Crippen LogP contribution in [0.1, 0.15) is 28.8 Å². The summed E-state index contributed by atoms with van der Waals surface area (Å²) >= 11 is 0. The van der Waals surface area contributed by atoms with Crippen LogP contribution in [0.2, 0.25) is 0 Å². The van der Waals surface area contributed by atoms with Gasteiger partial charge in [-0.3, -0.25) is 9.78 Å². The molecule has 168 valence electrons. The Morgan fingerprint density at radius 1 is 1.09 bits per heavy atom. The predicted molar refractivity (Wildman–Crippen MR) is 122 cm³/mol. The van der Waals surface area contributed by atoms with Crippen molar-refractivity contribution < 1.29 is 13.2 Å². The number of benzene rings is 1. The Balaban J connectivity index is 1.48. The lowest BCUT2D eigenvalue weighted by molar-refractivity contribution is 0.0647. The first-order valence-electron chi connectivity index (χ1n) is 10.5. The van der Waals surface area contributed by atoms with Crippen LogP contribution in [0, 0.1) is 16.7 Å². The van der Waals surface area contributed by atoms with Crippen LogP contribution in [-0.2, 0) is 16.3 Å². The van der Waals surface area contributed by atoms with Gasteiger partial charge in [-0.1, -0.05) is 12.1 Å². The van der Waals surface area contributed by atoms with Gasteiger partial charge in [0.05, 0.1) is 27.6 Å². The van der Waals surface area contributed by atoms with Gasteiger partial charge in [-0.2, -0.15) is 5.26 Å². The Labute approximate surface area is 192 Å². The van der Waals surface area contributed by atoms with Crippen molar-refractivity contribution in [3.63, 3.8) is 0 Å². The minimum absolute atomic E-state index is 0.138. The van der Waals surface area contributed by atoms with Crippen LogP contribution in [0.3, 0.4) is 0 Å². The monoisotopic (exact) mass is 461 g/mol. The molecule has 1 saturated heterocycles. The lowest BCUT2D eigenvalue weighted by atomic mass is 9.75. The molecular formula is C24H23N5O3S. The number of rotatable bonds is 5. The van der Waals surface area contributed by atoms with E-state index in [2.05, 4.69) is 21.0 Å². The molecule has 8 nitrogen and oxygen atoms in total. The molecule has 1 amide bonds. The second-order valence-electron chi connectivity index (χ2n) is 8.27. The Morgan fingerprint density at radius 2 is 1.82 bits per heavy atom. The number of amides is 1. The van der Waals surface area contributed by atoms with Crippen LogP contribution in [0.4, 0.5) is 0 Å². The zero-order chi connectivity index (χ0) is 23.5. The van der Waals surface area contributed by atoms with Crippen molar-refractivity contribution in [2.75, 3.05) is 19.3 Å². The normalized spacial score (nSPS) is 15.6. The van der Waals surface area contributed by atoms with Crippen molar-refractivity contribution in [3.8, 4) is 17.5 Å². The minimum Gasteiger partial charge on any atom is -0.338 e. The van der Waals surface area contributed by atoms with E-state index in [-0.39, 0.29) is 10.8 Å². The zero-order valence-corrected chi connectivity index (χ0v) is 19.0. The molecule has 1 fully saturated rings. The Morgan fingerprint density at radius 3 is 2.42 bits per heavy atom. The average Bonchev–Trinajstić information content (AvgIpc) is 2.84. The predicted octanol–water partition coefficient (Wildman–Crippen LogP) is 2.93. The number of nitriles is 1. The van der Waals surface area contributed by atoms with E-state index in [1.807, 2.05) is 0 Å². The van der Waals surface area contributed by atoms with E-state index in [9.17, 15) is 18.5 Å². The number of carbonyl (C=O) groups excluding carboxylic acids is 1. The van der Waals surface area contributed by atoms with Crippen molar-refractivity contribution in [1.29, 1.82) is 5.26 Å². The van der Waals surface area contributed by atoms with E-state index in [1.54, 1.807) is 59.8 Å². The van der Waals surface area contributed by atoms with Gasteiger partial charge in [0.15, 0.2) is 9.84 Å². The molecule has 0 aliphatic carbocycles. The van der Waals surface area contributed by atoms with Crippen molar-refractivity contribution in [2.24, 2.45) is 5.41 Å². The Bertz CT molecular complexity index is 1290. The quantitative estimate of drug-likeness (QED) is 0.573. The molecule has 0 spiro atoms. The maximum atomic E-state index is 13.3. The van der Waals surface area contributed by atoms with Crippen LogP contribution in [-0.4, -0.2) is 53.5 Å². The van der Waals surface area contributed by atoms with Crippen LogP contribution < -0.4 is 0 Å². The summed E-state index contributed by atoms with van der Waals surface area (Å²) in [6, 6.07) is 14.3. The Hall–Kier alpha value is -3.64. The van der Waals surface area contributed by atoms with E-state index < -0.39 is 15.3 Å². The summed E-state index contributed by atoms with van der Waals surface area (Å²) in [7, 11) is -3.26. The molecular weight excluding hydrogens is 438 g/mol. The van der Waals surface area contributed by atoms with E-state index in [4.69, 9.17) is 0 Å². The van der Waals surface area contributed by atoms with Gasteiger partial charge in [0.25, 0.3) is 5.91 Å². The van der Waals surface area contributed by atoms with Crippen LogP contribution in [0.25, 0.3) is 11.4 Å². The van der Waals surface area contributed by atoms with Gasteiger partial charge < -0.3 is 4.90 Å². The molecule has 0 bridgehead atoms. The number of piperidine rings is 1. The van der Waals surface area contributed by atoms with Crippen LogP contribution >= 0.6 is 0 Å². The third-order valence-electron chi connectivity index (χ3n) is 6.00. The van der Waals surface area contributed by atoms with Crippen molar-refractivity contribution in [1.82, 2.24) is 19.9 Å². The van der Waals surface area contributed by atoms with Crippen molar-refractivity contribution >= 4 is 15.7 Å². The molecule has 0 saturated carbocycles. The standard InChI is InChI=1S/C24H23N5O3S/c1-33(31,32)19-6-4-18(5-7-19)15-24(16-25)9-13-29(14-10-24)23(30)20-3-2-11-27-22(20)21-8-12-26-17-28-21/h2-8,11-12,17H,9-10,13-15H2,1H3. The molecule has 33 heavy (non-hydrogen) atoms. The highest BCUT2D eigenvalue weighted by molar-refractivity contribution is 7.90. The lowest BCUT2D eigenvalue weighted by Gasteiger charge is -2.37. The van der Waals surface area contributed by atoms with E-state index >= 15 is 0 Å². The number of nitrogens with zero attached hydrogens (tertiary/aromatic N) is 5. The van der Waals surface area contributed by atoms with E-state index in [0.29, 0.717) is 49.3 Å². The summed E-state index contributed by atoms with van der Waals surface area (Å²) < 4.78 is 23.4. The van der Waals surface area contributed by atoms with Crippen molar-refractivity contribution in [3.05, 3.63) is 72.3 Å². The number of pyridine rings is 1. The molecule has 2 aromatic heterocycles. The van der Waals surface area contributed by atoms with Gasteiger partial charge in [0.2, 0.25) is 0 Å². The minimum atomic E-state index is -3.26. The summed E-state index contributed by atoms with van der Waals surface area (Å²) in [4.78, 5) is 27.8. The first-order chi connectivity index (χ1) is 15.8. The fourth-order valence-electron chi connectivity index (χ4n) is 4.09. The maximum absolute atomic E-state index is 13.3. The summed E-state index contributed by atoms with van der Waals surface area (Å²) in [6.07, 6.45) is 7.40. The second kappa shape index (κ2) is 9.08. The summed E-state index contributed by atoms with van der Waals surface area (Å²) in [5.74, 6) is -0.138. The summed E-state index contributed by atoms with van der Waals surface area (Å²) in [5, 5.41) is 9.95. The summed E-state index contributed by atoms with van der Waals surface area (Å²) in [5.41, 5.74) is 1.86. The highest BCUT2D eigenvalue weighted by Gasteiger charge is 2.37. The van der Waals surface area contributed by atoms with Gasteiger partial charge in [0, 0.05) is 31.7 Å². The SMILES string of the molecule is CS(=O)(=O)c1ccc(CC2(C#N)CCN(C(=O)c3cccnc3-c3ccncn3)CC2)cc1. The van der Waals surface area contributed by atoms with E-state index in [0.717, 1.165) is 5.56 Å². The zero-order valence-electron chi connectivity index (χ0n) is 18.2. The number of hydrogen-bond donors (Lipinski definition) is 0. The highest BCUT2D eigenvalue weighted by atomic mass is 32.2. The Kier molecular flexibility index (Phi) is 6.20. The fourth-order valence-corrected chi connectivity index (χ4v) is 4.72. The molecule has 9 heteroatoms. The van der Waals surface area contributed by atoms with Crippen LogP contribution in [0.15, 0.2) is 66.1 Å². The van der Waals surface area contributed by atoms with Crippen molar-refractivity contribution in [2.45, 2.75) is 24.2 Å². The largest absolute Gasteiger partial charge is 0.338 e. The molecule has 1 aromatic carbocycles. The number of hydrogen-bond acceptors (Lipinski definition) is 7. The highest BCUT2D eigenvalue weighted by Crippen LogP contribution is 2.35. The van der Waals surface area contributed by atoms with Gasteiger partial charge in [0.1, 0.15) is 12.0 Å². The molecule has 1 aliphatic heterocycles. The first kappa shape index (κ1) is 22.6. The molecule has 3 heterocycles. The first-order valence-corrected chi connectivity index (χ1v) is 12.4. The molecule has 0 N–H and O–H groups in total. The molecule has 4 rings (SSSR count). The number of aromatic nitrogens is 3. The average molecular weight is 462 g/mol. The number of sulfone groups is 1. The van der Waals surface area contributed by atoms with Gasteiger partial charge in [-0.05, 0) is 55.2 Å². The molecule has 0 unspecified atom stereocenters. The molecule has 1 aliphatic rings. The van der Waals surface area contributed by atoms with Gasteiger partial charge in [-0.25, -0.2) is 18.4 Å². The fraction of sp³-hybridized carbons (Fsp3) is 0.292. The lowest BCUT2D eigenvalue weighted by Crippen LogP contribution is -2.43. The third-order valence-corrected chi connectivity index (χ3v) is 7.13.